The first-order chi connectivity index (χ1) is 10.8. The van der Waals surface area contributed by atoms with Crippen molar-refractivity contribution < 1.29 is 4.74 Å². The van der Waals surface area contributed by atoms with Crippen LogP contribution in [0.1, 0.15) is 18.5 Å². The second-order valence-corrected chi connectivity index (χ2v) is 6.29. The Kier molecular flexibility index (Phi) is 5.58. The fourth-order valence-electron chi connectivity index (χ4n) is 2.95. The molecular weight excluding hydrogens is 296 g/mol. The smallest absolute Gasteiger partial charge is 0.169 e. The molecule has 1 atom stereocenters. The van der Waals surface area contributed by atoms with Gasteiger partial charge in [-0.15, -0.1) is 0 Å². The summed E-state index contributed by atoms with van der Waals surface area (Å²) >= 11 is 5.51. The van der Waals surface area contributed by atoms with Crippen LogP contribution in [0, 0.1) is 0 Å². The monoisotopic (exact) mass is 320 g/mol. The molecule has 1 aromatic rings. The molecule has 1 aromatic heterocycles. The lowest BCUT2D eigenvalue weighted by molar-refractivity contribution is 0.112. The summed E-state index contributed by atoms with van der Waals surface area (Å²) in [5.74, 6) is 0. The Hall–Kier alpha value is -1.24. The van der Waals surface area contributed by atoms with Gasteiger partial charge in [-0.1, -0.05) is 6.07 Å². The zero-order valence-corrected chi connectivity index (χ0v) is 13.7. The van der Waals surface area contributed by atoms with Gasteiger partial charge in [-0.2, -0.15) is 0 Å². The molecule has 3 rings (SSSR count). The van der Waals surface area contributed by atoms with Crippen LogP contribution in [-0.4, -0.2) is 65.3 Å². The number of rotatable bonds is 4. The third-order valence-electron chi connectivity index (χ3n) is 4.28. The number of nitrogens with one attached hydrogen (secondary N) is 1. The number of hydrogen-bond acceptors (Lipinski definition) is 4. The van der Waals surface area contributed by atoms with Crippen LogP contribution in [0.2, 0.25) is 0 Å². The van der Waals surface area contributed by atoms with Crippen molar-refractivity contribution in [2.75, 3.05) is 39.3 Å². The highest BCUT2D eigenvalue weighted by Crippen LogP contribution is 2.11. The summed E-state index contributed by atoms with van der Waals surface area (Å²) in [5.41, 5.74) is 1.13. The van der Waals surface area contributed by atoms with Crippen molar-refractivity contribution >= 4 is 17.3 Å². The Morgan fingerprint density at radius 1 is 1.32 bits per heavy atom. The van der Waals surface area contributed by atoms with Crippen LogP contribution in [0.3, 0.4) is 0 Å². The summed E-state index contributed by atoms with van der Waals surface area (Å²) in [6, 6.07) is 6.09. The number of piperazine rings is 1. The summed E-state index contributed by atoms with van der Waals surface area (Å²) < 4.78 is 5.62. The number of pyridine rings is 1. The fourth-order valence-corrected chi connectivity index (χ4v) is 3.21. The van der Waals surface area contributed by atoms with Crippen molar-refractivity contribution in [3.8, 4) is 0 Å². The normalized spacial score (nSPS) is 22.7. The van der Waals surface area contributed by atoms with Crippen LogP contribution in [-0.2, 0) is 11.3 Å². The molecule has 22 heavy (non-hydrogen) atoms. The van der Waals surface area contributed by atoms with Crippen molar-refractivity contribution in [3.63, 3.8) is 0 Å². The van der Waals surface area contributed by atoms with Gasteiger partial charge in [-0.3, -0.25) is 9.88 Å². The van der Waals surface area contributed by atoms with Crippen molar-refractivity contribution in [1.82, 2.24) is 20.1 Å². The maximum absolute atomic E-state index is 5.62. The highest BCUT2D eigenvalue weighted by Gasteiger charge is 2.21. The van der Waals surface area contributed by atoms with Gasteiger partial charge in [0.1, 0.15) is 0 Å². The number of ether oxygens (including phenoxy) is 1. The summed E-state index contributed by atoms with van der Waals surface area (Å²) in [6.45, 7) is 6.66. The Labute approximate surface area is 137 Å². The van der Waals surface area contributed by atoms with Crippen LogP contribution in [0.25, 0.3) is 0 Å². The average molecular weight is 320 g/mol. The lowest BCUT2D eigenvalue weighted by Gasteiger charge is -2.36. The molecule has 2 fully saturated rings. The van der Waals surface area contributed by atoms with Crippen molar-refractivity contribution in [2.24, 2.45) is 0 Å². The van der Waals surface area contributed by atoms with Gasteiger partial charge in [0.2, 0.25) is 0 Å². The molecule has 0 bridgehead atoms. The first-order valence-electron chi connectivity index (χ1n) is 8.08. The first kappa shape index (κ1) is 15.6. The Morgan fingerprint density at radius 3 is 2.86 bits per heavy atom. The molecule has 2 saturated heterocycles. The molecule has 0 amide bonds. The van der Waals surface area contributed by atoms with E-state index in [0.717, 1.165) is 63.1 Å². The lowest BCUT2D eigenvalue weighted by atomic mass is 10.2. The van der Waals surface area contributed by atoms with Crippen LogP contribution >= 0.6 is 12.2 Å². The Morgan fingerprint density at radius 2 is 2.18 bits per heavy atom. The minimum Gasteiger partial charge on any atom is -0.376 e. The quantitative estimate of drug-likeness (QED) is 0.842. The van der Waals surface area contributed by atoms with Gasteiger partial charge in [0.25, 0.3) is 0 Å². The molecule has 3 heterocycles. The van der Waals surface area contributed by atoms with Gasteiger partial charge in [-0.05, 0) is 37.2 Å². The highest BCUT2D eigenvalue weighted by atomic mass is 32.1. The molecular formula is C16H24N4OS. The topological polar surface area (TPSA) is 40.6 Å². The predicted octanol–water partition coefficient (Wildman–Crippen LogP) is 1.25. The predicted molar refractivity (Wildman–Crippen MR) is 90.7 cm³/mol. The third kappa shape index (κ3) is 4.38. The SMILES string of the molecule is S=C(NC[C@H]1CCCO1)N1CCN(Cc2ccccn2)CC1. The standard InChI is InChI=1S/C16H24N4OS/c22-16(18-12-15-5-3-11-21-15)20-9-7-19(8-10-20)13-14-4-1-2-6-17-14/h1-2,4,6,15H,3,5,7-13H2,(H,18,22)/t15-/m1/s1. The lowest BCUT2D eigenvalue weighted by Crippen LogP contribution is -2.52. The molecule has 0 radical (unpaired) electrons. The van der Waals surface area contributed by atoms with Gasteiger partial charge < -0.3 is 15.0 Å². The number of nitrogens with zero attached hydrogens (tertiary/aromatic N) is 3. The minimum absolute atomic E-state index is 0.336. The molecule has 1 N–H and O–H groups in total. The summed E-state index contributed by atoms with van der Waals surface area (Å²) in [4.78, 5) is 9.09. The molecule has 2 aliphatic rings. The van der Waals surface area contributed by atoms with Gasteiger partial charge in [0.15, 0.2) is 5.11 Å². The second kappa shape index (κ2) is 7.85. The van der Waals surface area contributed by atoms with Gasteiger partial charge in [-0.25, -0.2) is 0 Å². The highest BCUT2D eigenvalue weighted by molar-refractivity contribution is 7.80. The fraction of sp³-hybridized carbons (Fsp3) is 0.625. The van der Waals surface area contributed by atoms with E-state index in [2.05, 4.69) is 26.2 Å². The van der Waals surface area contributed by atoms with Crippen molar-refractivity contribution in [2.45, 2.75) is 25.5 Å². The number of aromatic nitrogens is 1. The number of hydrogen-bond donors (Lipinski definition) is 1. The maximum Gasteiger partial charge on any atom is 0.169 e. The Balaban J connectivity index is 1.38. The van der Waals surface area contributed by atoms with E-state index in [1.54, 1.807) is 0 Å². The van der Waals surface area contributed by atoms with E-state index in [1.165, 1.54) is 6.42 Å². The molecule has 5 nitrogen and oxygen atoms in total. The van der Waals surface area contributed by atoms with E-state index in [-0.39, 0.29) is 0 Å². The zero-order valence-electron chi connectivity index (χ0n) is 12.9. The van der Waals surface area contributed by atoms with Crippen LogP contribution in [0.5, 0.6) is 0 Å². The van der Waals surface area contributed by atoms with E-state index >= 15 is 0 Å². The molecule has 120 valence electrons. The minimum atomic E-state index is 0.336. The molecule has 0 aromatic carbocycles. The molecule has 0 saturated carbocycles. The number of thiocarbonyl (C=S) groups is 1. The van der Waals surface area contributed by atoms with Crippen LogP contribution < -0.4 is 5.32 Å². The van der Waals surface area contributed by atoms with E-state index < -0.39 is 0 Å². The Bertz CT molecular complexity index is 470. The first-order valence-corrected chi connectivity index (χ1v) is 8.49. The van der Waals surface area contributed by atoms with Gasteiger partial charge >= 0.3 is 0 Å². The molecule has 0 aliphatic carbocycles. The summed E-state index contributed by atoms with van der Waals surface area (Å²) in [6.07, 6.45) is 4.51. The van der Waals surface area contributed by atoms with Crippen molar-refractivity contribution in [1.29, 1.82) is 0 Å². The van der Waals surface area contributed by atoms with Gasteiger partial charge in [0.05, 0.1) is 11.8 Å². The summed E-state index contributed by atoms with van der Waals surface area (Å²) in [5, 5.41) is 4.23. The molecule has 6 heteroatoms. The maximum atomic E-state index is 5.62. The van der Waals surface area contributed by atoms with E-state index in [4.69, 9.17) is 17.0 Å². The van der Waals surface area contributed by atoms with Gasteiger partial charge in [0, 0.05) is 52.1 Å². The van der Waals surface area contributed by atoms with Crippen LogP contribution in [0.4, 0.5) is 0 Å². The van der Waals surface area contributed by atoms with Crippen LogP contribution in [0.15, 0.2) is 24.4 Å². The third-order valence-corrected chi connectivity index (χ3v) is 4.68. The molecule has 0 unspecified atom stereocenters. The molecule has 2 aliphatic heterocycles. The van der Waals surface area contributed by atoms with E-state index in [1.807, 2.05) is 18.3 Å². The van der Waals surface area contributed by atoms with E-state index in [0.29, 0.717) is 6.10 Å². The molecule has 0 spiro atoms. The largest absolute Gasteiger partial charge is 0.376 e. The van der Waals surface area contributed by atoms with Crippen molar-refractivity contribution in [3.05, 3.63) is 30.1 Å². The van der Waals surface area contributed by atoms with E-state index in [9.17, 15) is 0 Å². The summed E-state index contributed by atoms with van der Waals surface area (Å²) in [7, 11) is 0. The second-order valence-electron chi connectivity index (χ2n) is 5.91. The zero-order chi connectivity index (χ0) is 15.2. The average Bonchev–Trinajstić information content (AvgIpc) is 3.08.